The number of nitrogens with zero attached hydrogens (tertiary/aromatic N) is 3. The normalized spacial score (nSPS) is 12.0. The summed E-state index contributed by atoms with van der Waals surface area (Å²) in [5, 5.41) is 15.6. The Morgan fingerprint density at radius 2 is 1.89 bits per heavy atom. The predicted molar refractivity (Wildman–Crippen MR) is 102 cm³/mol. The highest BCUT2D eigenvalue weighted by atomic mass is 16.4. The molecule has 0 saturated carbocycles. The molecule has 27 heavy (non-hydrogen) atoms. The molecule has 0 radical (unpaired) electrons. The monoisotopic (exact) mass is 366 g/mol. The molecule has 0 aliphatic carbocycles. The second kappa shape index (κ2) is 7.49. The SMILES string of the molecule is Cc1cc(C(=O)Nc2ccn(CC(=O)O)n2)c(C)n1C(C)c1ccccc1. The van der Waals surface area contributed by atoms with Gasteiger partial charge in [0, 0.05) is 23.7 Å². The molecule has 1 atom stereocenters. The number of carboxylic acid groups (broad SMARTS) is 1. The number of aromatic nitrogens is 3. The predicted octanol–water partition coefficient (Wildman–Crippen LogP) is 3.25. The number of carbonyl (C=O) groups excluding carboxylic acids is 1. The lowest BCUT2D eigenvalue weighted by atomic mass is 10.1. The average molecular weight is 366 g/mol. The fourth-order valence-electron chi connectivity index (χ4n) is 3.32. The quantitative estimate of drug-likeness (QED) is 0.701. The summed E-state index contributed by atoms with van der Waals surface area (Å²) in [6.07, 6.45) is 1.52. The van der Waals surface area contributed by atoms with Gasteiger partial charge in [-0.05, 0) is 32.4 Å². The van der Waals surface area contributed by atoms with Gasteiger partial charge in [-0.15, -0.1) is 0 Å². The molecule has 3 aromatic rings. The van der Waals surface area contributed by atoms with E-state index >= 15 is 0 Å². The van der Waals surface area contributed by atoms with Crippen molar-refractivity contribution in [3.05, 3.63) is 71.2 Å². The lowest BCUT2D eigenvalue weighted by molar-refractivity contribution is -0.137. The molecule has 0 aliphatic heterocycles. The van der Waals surface area contributed by atoms with E-state index in [1.165, 1.54) is 16.4 Å². The number of rotatable bonds is 6. The minimum atomic E-state index is -0.991. The second-order valence-electron chi connectivity index (χ2n) is 6.49. The Hall–Kier alpha value is -3.35. The van der Waals surface area contributed by atoms with E-state index in [-0.39, 0.29) is 18.5 Å². The van der Waals surface area contributed by atoms with E-state index in [0.717, 1.165) is 11.4 Å². The van der Waals surface area contributed by atoms with Crippen LogP contribution in [0.2, 0.25) is 0 Å². The lowest BCUT2D eigenvalue weighted by Gasteiger charge is -2.19. The number of hydrogen-bond donors (Lipinski definition) is 2. The first kappa shape index (κ1) is 18.4. The number of hydrogen-bond acceptors (Lipinski definition) is 3. The first-order valence-electron chi connectivity index (χ1n) is 8.66. The van der Waals surface area contributed by atoms with E-state index in [9.17, 15) is 9.59 Å². The molecule has 2 aromatic heterocycles. The van der Waals surface area contributed by atoms with Crippen molar-refractivity contribution in [1.82, 2.24) is 14.3 Å². The number of benzene rings is 1. The summed E-state index contributed by atoms with van der Waals surface area (Å²) in [6.45, 7) is 5.75. The molecular formula is C20H22N4O3. The van der Waals surface area contributed by atoms with Gasteiger partial charge in [-0.1, -0.05) is 30.3 Å². The largest absolute Gasteiger partial charge is 0.480 e. The Labute approximate surface area is 157 Å². The molecule has 0 spiro atoms. The fourth-order valence-corrected chi connectivity index (χ4v) is 3.32. The van der Waals surface area contributed by atoms with Gasteiger partial charge in [-0.2, -0.15) is 5.10 Å². The van der Waals surface area contributed by atoms with E-state index < -0.39 is 5.97 Å². The van der Waals surface area contributed by atoms with Crippen LogP contribution in [0.3, 0.4) is 0 Å². The van der Waals surface area contributed by atoms with Crippen molar-refractivity contribution < 1.29 is 14.7 Å². The van der Waals surface area contributed by atoms with Gasteiger partial charge in [-0.3, -0.25) is 14.3 Å². The standard InChI is InChI=1S/C20H22N4O3/c1-13-11-17(15(3)24(13)14(2)16-7-5-4-6-8-16)20(27)21-18-9-10-23(22-18)12-19(25)26/h4-11,14H,12H2,1-3H3,(H,25,26)(H,21,22,27). The third kappa shape index (κ3) is 3.92. The Bertz CT molecular complexity index is 973. The molecule has 0 bridgehead atoms. The summed E-state index contributed by atoms with van der Waals surface area (Å²) in [6, 6.07) is 13.7. The van der Waals surface area contributed by atoms with Gasteiger partial charge in [0.15, 0.2) is 5.82 Å². The van der Waals surface area contributed by atoms with Gasteiger partial charge in [0.05, 0.1) is 11.6 Å². The molecule has 2 N–H and O–H groups in total. The first-order valence-corrected chi connectivity index (χ1v) is 8.66. The molecule has 7 nitrogen and oxygen atoms in total. The summed E-state index contributed by atoms with van der Waals surface area (Å²) < 4.78 is 3.39. The van der Waals surface area contributed by atoms with Crippen molar-refractivity contribution in [3.8, 4) is 0 Å². The number of carbonyl (C=O) groups is 2. The molecular weight excluding hydrogens is 344 g/mol. The highest BCUT2D eigenvalue weighted by Gasteiger charge is 2.20. The second-order valence-corrected chi connectivity index (χ2v) is 6.49. The zero-order chi connectivity index (χ0) is 19.6. The van der Waals surface area contributed by atoms with Crippen molar-refractivity contribution in [2.24, 2.45) is 0 Å². The van der Waals surface area contributed by atoms with Crippen molar-refractivity contribution in [2.45, 2.75) is 33.4 Å². The maximum Gasteiger partial charge on any atom is 0.325 e. The van der Waals surface area contributed by atoms with E-state index in [0.29, 0.717) is 11.4 Å². The van der Waals surface area contributed by atoms with Crippen LogP contribution in [0.25, 0.3) is 0 Å². The first-order chi connectivity index (χ1) is 12.9. The van der Waals surface area contributed by atoms with Gasteiger partial charge < -0.3 is 15.0 Å². The zero-order valence-corrected chi connectivity index (χ0v) is 15.5. The van der Waals surface area contributed by atoms with E-state index in [4.69, 9.17) is 5.11 Å². The summed E-state index contributed by atoms with van der Waals surface area (Å²) in [5.41, 5.74) is 3.60. The van der Waals surface area contributed by atoms with Crippen molar-refractivity contribution in [1.29, 1.82) is 0 Å². The van der Waals surface area contributed by atoms with Gasteiger partial charge >= 0.3 is 5.97 Å². The molecule has 3 rings (SSSR count). The maximum absolute atomic E-state index is 12.7. The summed E-state index contributed by atoms with van der Waals surface area (Å²) in [5.74, 6) is -0.938. The summed E-state index contributed by atoms with van der Waals surface area (Å²) >= 11 is 0. The van der Waals surface area contributed by atoms with Gasteiger partial charge in [0.25, 0.3) is 5.91 Å². The number of nitrogens with one attached hydrogen (secondary N) is 1. The summed E-state index contributed by atoms with van der Waals surface area (Å²) in [4.78, 5) is 23.4. The number of aliphatic carboxylic acids is 1. The molecule has 140 valence electrons. The van der Waals surface area contributed by atoms with Crippen LogP contribution in [0, 0.1) is 13.8 Å². The molecule has 0 fully saturated rings. The van der Waals surface area contributed by atoms with Crippen LogP contribution in [0.1, 0.15) is 40.3 Å². The average Bonchev–Trinajstić information content (AvgIpc) is 3.18. The fraction of sp³-hybridized carbons (Fsp3) is 0.250. The molecule has 7 heteroatoms. The van der Waals surface area contributed by atoms with Crippen LogP contribution >= 0.6 is 0 Å². The number of aryl methyl sites for hydroxylation is 1. The van der Waals surface area contributed by atoms with E-state index in [2.05, 4.69) is 34.0 Å². The molecule has 1 aromatic carbocycles. The van der Waals surface area contributed by atoms with Crippen LogP contribution in [-0.4, -0.2) is 31.3 Å². The Balaban J connectivity index is 1.82. The molecule has 1 amide bonds. The topological polar surface area (TPSA) is 89.2 Å². The molecule has 1 unspecified atom stereocenters. The maximum atomic E-state index is 12.7. The number of amides is 1. The van der Waals surface area contributed by atoms with Gasteiger partial charge in [0.2, 0.25) is 0 Å². The molecule has 0 saturated heterocycles. The third-order valence-electron chi connectivity index (χ3n) is 4.58. The van der Waals surface area contributed by atoms with E-state index in [1.54, 1.807) is 6.07 Å². The highest BCUT2D eigenvalue weighted by molar-refractivity contribution is 6.04. The Morgan fingerprint density at radius 1 is 1.19 bits per heavy atom. The van der Waals surface area contributed by atoms with Gasteiger partial charge in [-0.25, -0.2) is 0 Å². The van der Waals surface area contributed by atoms with Gasteiger partial charge in [0.1, 0.15) is 6.54 Å². The number of carboxylic acids is 1. The van der Waals surface area contributed by atoms with Crippen molar-refractivity contribution in [3.63, 3.8) is 0 Å². The number of anilines is 1. The van der Waals surface area contributed by atoms with Crippen LogP contribution < -0.4 is 5.32 Å². The van der Waals surface area contributed by atoms with Crippen molar-refractivity contribution in [2.75, 3.05) is 5.32 Å². The van der Waals surface area contributed by atoms with Crippen LogP contribution in [0.15, 0.2) is 48.7 Å². The van der Waals surface area contributed by atoms with Crippen LogP contribution in [0.4, 0.5) is 5.82 Å². The third-order valence-corrected chi connectivity index (χ3v) is 4.58. The van der Waals surface area contributed by atoms with Crippen molar-refractivity contribution >= 4 is 17.7 Å². The molecule has 2 heterocycles. The smallest absolute Gasteiger partial charge is 0.325 e. The van der Waals surface area contributed by atoms with E-state index in [1.807, 2.05) is 38.1 Å². The minimum absolute atomic E-state index is 0.0996. The molecule has 0 aliphatic rings. The zero-order valence-electron chi connectivity index (χ0n) is 15.5. The minimum Gasteiger partial charge on any atom is -0.480 e. The lowest BCUT2D eigenvalue weighted by Crippen LogP contribution is -2.16. The summed E-state index contributed by atoms with van der Waals surface area (Å²) in [7, 11) is 0. The van der Waals surface area contributed by atoms with Crippen LogP contribution in [-0.2, 0) is 11.3 Å². The Morgan fingerprint density at radius 3 is 2.56 bits per heavy atom. The van der Waals surface area contributed by atoms with Crippen LogP contribution in [0.5, 0.6) is 0 Å². The Kier molecular flexibility index (Phi) is 5.12. The highest BCUT2D eigenvalue weighted by Crippen LogP contribution is 2.26.